The summed E-state index contributed by atoms with van der Waals surface area (Å²) in [6, 6.07) is 5.64. The van der Waals surface area contributed by atoms with Gasteiger partial charge < -0.3 is 10.1 Å². The fourth-order valence-electron chi connectivity index (χ4n) is 3.99. The highest BCUT2D eigenvalue weighted by Gasteiger charge is 2.38. The van der Waals surface area contributed by atoms with Gasteiger partial charge in [0.25, 0.3) is 0 Å². The third-order valence-electron chi connectivity index (χ3n) is 5.25. The SMILES string of the molecule is [2H]C([2H])([2H])Oc1cccc([C@H]2NCCC2C2CCS(=O)(=O)CC2)c1C. The summed E-state index contributed by atoms with van der Waals surface area (Å²) in [6.45, 7) is 2.78. The molecule has 2 saturated heterocycles. The lowest BCUT2D eigenvalue weighted by Gasteiger charge is -2.32. The second kappa shape index (κ2) is 6.20. The van der Waals surface area contributed by atoms with Crippen LogP contribution < -0.4 is 10.1 Å². The highest BCUT2D eigenvalue weighted by molar-refractivity contribution is 7.91. The van der Waals surface area contributed by atoms with Crippen LogP contribution in [0.3, 0.4) is 0 Å². The monoisotopic (exact) mass is 326 g/mol. The Morgan fingerprint density at radius 2 is 2.05 bits per heavy atom. The van der Waals surface area contributed by atoms with E-state index in [1.807, 2.05) is 19.1 Å². The number of ether oxygens (including phenoxy) is 1. The zero-order valence-electron chi connectivity index (χ0n) is 15.8. The van der Waals surface area contributed by atoms with E-state index >= 15 is 0 Å². The Morgan fingerprint density at radius 1 is 1.27 bits per heavy atom. The number of hydrogen-bond acceptors (Lipinski definition) is 4. The quantitative estimate of drug-likeness (QED) is 0.927. The van der Waals surface area contributed by atoms with Gasteiger partial charge in [0.1, 0.15) is 15.6 Å². The van der Waals surface area contributed by atoms with Gasteiger partial charge in [0.15, 0.2) is 0 Å². The smallest absolute Gasteiger partial charge is 0.150 e. The first-order valence-electron chi connectivity index (χ1n) is 9.39. The molecule has 4 nitrogen and oxygen atoms in total. The third kappa shape index (κ3) is 3.01. The Balaban J connectivity index is 1.82. The molecule has 1 unspecified atom stereocenters. The van der Waals surface area contributed by atoms with Gasteiger partial charge in [-0.2, -0.15) is 0 Å². The van der Waals surface area contributed by atoms with Crippen LogP contribution in [0.25, 0.3) is 0 Å². The molecule has 0 aliphatic carbocycles. The summed E-state index contributed by atoms with van der Waals surface area (Å²) in [7, 11) is -5.33. The van der Waals surface area contributed by atoms with Crippen LogP contribution in [-0.2, 0) is 9.84 Å². The molecule has 0 aromatic heterocycles. The van der Waals surface area contributed by atoms with Crippen molar-refractivity contribution in [3.8, 4) is 5.75 Å². The molecule has 122 valence electrons. The van der Waals surface area contributed by atoms with Crippen LogP contribution in [0.4, 0.5) is 0 Å². The summed E-state index contributed by atoms with van der Waals surface area (Å²) in [5, 5.41) is 3.53. The summed E-state index contributed by atoms with van der Waals surface area (Å²) in [5.41, 5.74) is 1.89. The average molecular weight is 326 g/mol. The molecular weight excluding hydrogens is 298 g/mol. The van der Waals surface area contributed by atoms with E-state index in [0.29, 0.717) is 17.6 Å². The highest BCUT2D eigenvalue weighted by atomic mass is 32.2. The van der Waals surface area contributed by atoms with Crippen molar-refractivity contribution >= 4 is 9.84 Å². The average Bonchev–Trinajstić information content (AvgIpc) is 2.97. The van der Waals surface area contributed by atoms with Crippen molar-refractivity contribution in [2.75, 3.05) is 25.1 Å². The van der Waals surface area contributed by atoms with Gasteiger partial charge in [-0.05, 0) is 61.8 Å². The number of rotatable bonds is 3. The van der Waals surface area contributed by atoms with Crippen LogP contribution in [0.1, 0.15) is 40.5 Å². The first-order valence-corrected chi connectivity index (χ1v) is 9.71. The molecule has 1 N–H and O–H groups in total. The van der Waals surface area contributed by atoms with Crippen LogP contribution in [-0.4, -0.2) is 33.5 Å². The summed E-state index contributed by atoms with van der Waals surface area (Å²) in [6.07, 6.45) is 2.45. The van der Waals surface area contributed by atoms with E-state index in [0.717, 1.165) is 36.9 Å². The van der Waals surface area contributed by atoms with E-state index < -0.39 is 16.9 Å². The maximum Gasteiger partial charge on any atom is 0.150 e. The van der Waals surface area contributed by atoms with Crippen molar-refractivity contribution in [1.82, 2.24) is 5.32 Å². The van der Waals surface area contributed by atoms with Gasteiger partial charge in [-0.1, -0.05) is 12.1 Å². The van der Waals surface area contributed by atoms with E-state index in [1.54, 1.807) is 6.07 Å². The molecule has 22 heavy (non-hydrogen) atoms. The summed E-state index contributed by atoms with van der Waals surface area (Å²) >= 11 is 0. The lowest BCUT2D eigenvalue weighted by atomic mass is 9.79. The van der Waals surface area contributed by atoms with Crippen molar-refractivity contribution in [1.29, 1.82) is 0 Å². The second-order valence-corrected chi connectivity index (χ2v) is 8.75. The van der Waals surface area contributed by atoms with Crippen LogP contribution in [0.2, 0.25) is 0 Å². The van der Waals surface area contributed by atoms with E-state index in [4.69, 9.17) is 8.85 Å². The lowest BCUT2D eigenvalue weighted by molar-refractivity contribution is 0.279. The van der Waals surface area contributed by atoms with Gasteiger partial charge in [0, 0.05) is 6.04 Å². The predicted octanol–water partition coefficient (Wildman–Crippen LogP) is 2.48. The molecule has 1 aromatic rings. The van der Waals surface area contributed by atoms with Crippen molar-refractivity contribution in [3.05, 3.63) is 29.3 Å². The van der Waals surface area contributed by atoms with E-state index in [2.05, 4.69) is 5.32 Å². The van der Waals surface area contributed by atoms with Crippen molar-refractivity contribution < 1.29 is 17.3 Å². The molecule has 3 rings (SSSR count). The molecule has 0 radical (unpaired) electrons. The first-order chi connectivity index (χ1) is 11.7. The zero-order chi connectivity index (χ0) is 18.2. The predicted molar refractivity (Wildman–Crippen MR) is 88.0 cm³/mol. The number of nitrogens with one attached hydrogen (secondary N) is 1. The minimum atomic E-state index is -2.87. The maximum atomic E-state index is 11.7. The van der Waals surface area contributed by atoms with Crippen LogP contribution >= 0.6 is 0 Å². The van der Waals surface area contributed by atoms with Gasteiger partial charge in [-0.15, -0.1) is 0 Å². The minimum absolute atomic E-state index is 0.117. The molecule has 2 aliphatic rings. The van der Waals surface area contributed by atoms with Crippen LogP contribution in [0, 0.1) is 18.8 Å². The molecule has 0 bridgehead atoms. The Labute approximate surface area is 137 Å². The van der Waals surface area contributed by atoms with E-state index in [9.17, 15) is 8.42 Å². The Kier molecular flexibility index (Phi) is 3.49. The molecule has 2 aliphatic heterocycles. The molecule has 0 spiro atoms. The Bertz CT molecular complexity index is 719. The molecule has 5 heteroatoms. The summed E-state index contributed by atoms with van der Waals surface area (Å²) in [4.78, 5) is 0. The fourth-order valence-corrected chi connectivity index (χ4v) is 5.52. The number of benzene rings is 1. The highest BCUT2D eigenvalue weighted by Crippen LogP contribution is 2.42. The zero-order valence-corrected chi connectivity index (χ0v) is 13.7. The largest absolute Gasteiger partial charge is 0.496 e. The number of sulfone groups is 1. The van der Waals surface area contributed by atoms with Gasteiger partial charge in [-0.3, -0.25) is 0 Å². The van der Waals surface area contributed by atoms with Crippen LogP contribution in [0.15, 0.2) is 18.2 Å². The molecule has 2 atom stereocenters. The summed E-state index contributed by atoms with van der Waals surface area (Å²) < 4.78 is 50.5. The number of methoxy groups -OCH3 is 1. The van der Waals surface area contributed by atoms with Gasteiger partial charge in [0.05, 0.1) is 22.7 Å². The standard InChI is InChI=1S/C17H25NO3S/c1-12-14(4-3-5-16(12)21-2)17-15(6-9-18-17)13-7-10-22(19,20)11-8-13/h3-5,13,15,17-18H,6-11H2,1-2H3/t15?,17-/m1/s1/i2D3. The Hall–Kier alpha value is -1.07. The first kappa shape index (κ1) is 12.4. The van der Waals surface area contributed by atoms with Gasteiger partial charge >= 0.3 is 0 Å². The molecule has 2 heterocycles. The summed E-state index contributed by atoms with van der Waals surface area (Å²) in [5.74, 6) is 1.70. The molecule has 0 amide bonds. The van der Waals surface area contributed by atoms with Crippen molar-refractivity contribution in [2.45, 2.75) is 32.2 Å². The Morgan fingerprint density at radius 3 is 2.77 bits per heavy atom. The van der Waals surface area contributed by atoms with Crippen molar-refractivity contribution in [3.63, 3.8) is 0 Å². The van der Waals surface area contributed by atoms with Gasteiger partial charge in [0.2, 0.25) is 0 Å². The van der Waals surface area contributed by atoms with Crippen LogP contribution in [0.5, 0.6) is 5.75 Å². The lowest BCUT2D eigenvalue weighted by Crippen LogP contribution is -2.31. The molecular formula is C17H25NO3S. The second-order valence-electron chi connectivity index (χ2n) is 6.45. The maximum absolute atomic E-state index is 11.7. The topological polar surface area (TPSA) is 55.4 Å². The van der Waals surface area contributed by atoms with E-state index in [-0.39, 0.29) is 17.5 Å². The molecule has 2 fully saturated rings. The normalized spacial score (nSPS) is 31.2. The van der Waals surface area contributed by atoms with E-state index in [1.165, 1.54) is 0 Å². The third-order valence-corrected chi connectivity index (χ3v) is 6.96. The minimum Gasteiger partial charge on any atom is -0.496 e. The molecule has 0 saturated carbocycles. The molecule has 1 aromatic carbocycles. The van der Waals surface area contributed by atoms with Crippen molar-refractivity contribution in [2.24, 2.45) is 11.8 Å². The van der Waals surface area contributed by atoms with Gasteiger partial charge in [-0.25, -0.2) is 8.42 Å². The fraction of sp³-hybridized carbons (Fsp3) is 0.647. The number of hydrogen-bond donors (Lipinski definition) is 1.